The number of nitriles is 1. The number of rotatable bonds is 6. The van der Waals surface area contributed by atoms with Crippen molar-refractivity contribution < 1.29 is 14.6 Å². The maximum atomic E-state index is 13.5. The van der Waals surface area contributed by atoms with Crippen LogP contribution < -0.4 is 10.2 Å². The molecule has 4 aliphatic carbocycles. The van der Waals surface area contributed by atoms with Crippen molar-refractivity contribution in [1.29, 1.82) is 5.26 Å². The van der Waals surface area contributed by atoms with Crippen molar-refractivity contribution >= 4 is 17.9 Å². The van der Waals surface area contributed by atoms with Crippen LogP contribution in [0, 0.1) is 34.5 Å². The number of hydrogen-bond acceptors (Lipinski definition) is 6. The number of carbonyl (C=O) groups excluding carboxylic acids is 1. The second-order valence-corrected chi connectivity index (χ2v) is 11.3. The Hall–Kier alpha value is -2.37. The molecule has 8 nitrogen and oxygen atoms in total. The summed E-state index contributed by atoms with van der Waals surface area (Å²) in [6.45, 7) is 6.65. The molecule has 1 aromatic heterocycles. The fourth-order valence-corrected chi connectivity index (χ4v) is 6.70. The summed E-state index contributed by atoms with van der Waals surface area (Å²) in [5.74, 6) is 2.02. The molecular weight excluding hydrogens is 418 g/mol. The SMILES string of the molecule is CC(C)(/C=C/n1ncc(C(=O)N[C@H]2C3CC4CC2C[C@](O)(C4)C3)c1N1CCOCC1)CC#N. The van der Waals surface area contributed by atoms with E-state index >= 15 is 0 Å². The molecule has 1 aliphatic heterocycles. The fraction of sp³-hybridized carbons (Fsp3) is 0.720. The summed E-state index contributed by atoms with van der Waals surface area (Å²) in [5.41, 5.74) is -0.221. The zero-order valence-corrected chi connectivity index (χ0v) is 19.7. The average molecular weight is 454 g/mol. The predicted molar refractivity (Wildman–Crippen MR) is 124 cm³/mol. The van der Waals surface area contributed by atoms with Gasteiger partial charge in [-0.25, -0.2) is 4.68 Å². The van der Waals surface area contributed by atoms with E-state index in [0.717, 1.165) is 37.9 Å². The van der Waals surface area contributed by atoms with E-state index in [0.29, 0.717) is 56.0 Å². The first-order valence-corrected chi connectivity index (χ1v) is 12.3. The van der Waals surface area contributed by atoms with Gasteiger partial charge < -0.3 is 20.1 Å². The standard InChI is InChI=1S/C25H35N5O3/c1-24(2,3-5-26)4-6-30-23(29-7-9-33-10-8-29)20(16-27-30)22(31)28-21-18-11-17-12-19(21)15-25(32,13-17)14-18/h4,6,16-19,21,32H,3,7-15H2,1-2H3,(H,28,31)/b6-4+/t17?,18?,19?,21-,25-. The number of amides is 1. The minimum atomic E-state index is -0.511. The number of nitrogens with zero attached hydrogens (tertiary/aromatic N) is 4. The van der Waals surface area contributed by atoms with Crippen molar-refractivity contribution in [3.63, 3.8) is 0 Å². The van der Waals surface area contributed by atoms with Crippen molar-refractivity contribution in [3.8, 4) is 6.07 Å². The van der Waals surface area contributed by atoms with Gasteiger partial charge in [-0.2, -0.15) is 10.4 Å². The highest BCUT2D eigenvalue weighted by Gasteiger charge is 2.55. The highest BCUT2D eigenvalue weighted by Crippen LogP contribution is 2.55. The number of anilines is 1. The van der Waals surface area contributed by atoms with Gasteiger partial charge in [-0.3, -0.25) is 4.79 Å². The number of carbonyl (C=O) groups is 1. The fourth-order valence-electron chi connectivity index (χ4n) is 6.70. The lowest BCUT2D eigenvalue weighted by molar-refractivity contribution is -0.136. The van der Waals surface area contributed by atoms with Gasteiger partial charge in [0, 0.05) is 31.8 Å². The molecule has 2 atom stereocenters. The van der Waals surface area contributed by atoms with Gasteiger partial charge in [0.05, 0.1) is 31.1 Å². The molecule has 1 aromatic rings. The molecule has 1 saturated heterocycles. The molecule has 8 heteroatoms. The maximum absolute atomic E-state index is 13.5. The number of ether oxygens (including phenoxy) is 1. The van der Waals surface area contributed by atoms with Gasteiger partial charge in [-0.15, -0.1) is 0 Å². The first-order chi connectivity index (χ1) is 15.8. The molecule has 0 aromatic carbocycles. The lowest BCUT2D eigenvalue weighted by Gasteiger charge is -2.58. The predicted octanol–water partition coefficient (Wildman–Crippen LogP) is 2.80. The Morgan fingerprint density at radius 3 is 2.67 bits per heavy atom. The van der Waals surface area contributed by atoms with Gasteiger partial charge >= 0.3 is 0 Å². The summed E-state index contributed by atoms with van der Waals surface area (Å²) >= 11 is 0. The van der Waals surface area contributed by atoms with Crippen LogP contribution in [0.15, 0.2) is 12.3 Å². The molecule has 1 amide bonds. The van der Waals surface area contributed by atoms with Crippen LogP contribution in [0.4, 0.5) is 5.82 Å². The molecule has 33 heavy (non-hydrogen) atoms. The van der Waals surface area contributed by atoms with E-state index in [1.54, 1.807) is 10.9 Å². The van der Waals surface area contributed by atoms with Gasteiger partial charge in [-0.05, 0) is 55.3 Å². The second kappa shape index (κ2) is 8.44. The van der Waals surface area contributed by atoms with E-state index in [1.807, 2.05) is 26.1 Å². The van der Waals surface area contributed by atoms with Crippen molar-refractivity contribution in [2.24, 2.45) is 23.2 Å². The van der Waals surface area contributed by atoms with E-state index in [-0.39, 0.29) is 17.4 Å². The van der Waals surface area contributed by atoms with Gasteiger partial charge in [0.15, 0.2) is 0 Å². The third-order valence-corrected chi connectivity index (χ3v) is 8.06. The van der Waals surface area contributed by atoms with E-state index in [9.17, 15) is 9.90 Å². The molecule has 0 radical (unpaired) electrons. The smallest absolute Gasteiger partial charge is 0.256 e. The zero-order valence-electron chi connectivity index (χ0n) is 19.7. The summed E-state index contributed by atoms with van der Waals surface area (Å²) in [7, 11) is 0. The van der Waals surface area contributed by atoms with Crippen LogP contribution in [0.1, 0.15) is 62.7 Å². The molecule has 0 spiro atoms. The first-order valence-electron chi connectivity index (χ1n) is 12.3. The summed E-state index contributed by atoms with van der Waals surface area (Å²) < 4.78 is 7.29. The summed E-state index contributed by atoms with van der Waals surface area (Å²) in [5, 5.41) is 27.9. The van der Waals surface area contributed by atoms with Gasteiger partial charge in [0.25, 0.3) is 5.91 Å². The minimum Gasteiger partial charge on any atom is -0.390 e. The Morgan fingerprint density at radius 1 is 1.33 bits per heavy atom. The van der Waals surface area contributed by atoms with E-state index in [1.165, 1.54) is 0 Å². The second-order valence-electron chi connectivity index (χ2n) is 11.3. The van der Waals surface area contributed by atoms with Crippen molar-refractivity contribution in [1.82, 2.24) is 15.1 Å². The largest absolute Gasteiger partial charge is 0.390 e. The van der Waals surface area contributed by atoms with Crippen LogP contribution in [0.25, 0.3) is 6.20 Å². The lowest BCUT2D eigenvalue weighted by Crippen LogP contribution is -2.61. The van der Waals surface area contributed by atoms with Gasteiger partial charge in [0.1, 0.15) is 11.4 Å². The number of aliphatic hydroxyl groups is 1. The average Bonchev–Trinajstić information content (AvgIpc) is 3.18. The Kier molecular flexibility index (Phi) is 5.74. The molecule has 6 rings (SSSR count). The number of hydrogen-bond donors (Lipinski definition) is 2. The molecule has 2 heterocycles. The van der Waals surface area contributed by atoms with Gasteiger partial charge in [0.2, 0.25) is 0 Å². The van der Waals surface area contributed by atoms with Crippen LogP contribution in [0.2, 0.25) is 0 Å². The van der Waals surface area contributed by atoms with E-state index in [4.69, 9.17) is 10.00 Å². The topological polar surface area (TPSA) is 103 Å². The van der Waals surface area contributed by atoms with Crippen LogP contribution in [0.5, 0.6) is 0 Å². The molecule has 2 N–H and O–H groups in total. The highest BCUT2D eigenvalue weighted by atomic mass is 16.5. The van der Waals surface area contributed by atoms with Crippen LogP contribution >= 0.6 is 0 Å². The van der Waals surface area contributed by atoms with E-state index < -0.39 is 5.60 Å². The van der Waals surface area contributed by atoms with Crippen molar-refractivity contribution in [3.05, 3.63) is 17.8 Å². The Labute approximate surface area is 195 Å². The van der Waals surface area contributed by atoms with Crippen LogP contribution in [-0.2, 0) is 4.74 Å². The maximum Gasteiger partial charge on any atom is 0.256 e. The highest BCUT2D eigenvalue weighted by molar-refractivity contribution is 5.99. The van der Waals surface area contributed by atoms with Crippen LogP contribution in [-0.4, -0.2) is 58.7 Å². The van der Waals surface area contributed by atoms with E-state index in [2.05, 4.69) is 21.4 Å². The molecular formula is C25H35N5O3. The quantitative estimate of drug-likeness (QED) is 0.687. The van der Waals surface area contributed by atoms with Crippen LogP contribution in [0.3, 0.4) is 0 Å². The molecule has 4 saturated carbocycles. The molecule has 5 fully saturated rings. The summed E-state index contributed by atoms with van der Waals surface area (Å²) in [4.78, 5) is 15.7. The monoisotopic (exact) mass is 453 g/mol. The summed E-state index contributed by atoms with van der Waals surface area (Å²) in [6, 6.07) is 2.35. The molecule has 4 bridgehead atoms. The number of allylic oxidation sites excluding steroid dienone is 1. The molecule has 178 valence electrons. The number of morpholine rings is 1. The summed E-state index contributed by atoms with van der Waals surface area (Å²) in [6.07, 6.45) is 10.7. The van der Waals surface area contributed by atoms with Crippen molar-refractivity contribution in [2.45, 2.75) is 64.0 Å². The first kappa shape index (κ1) is 22.4. The number of aromatic nitrogens is 2. The Bertz CT molecular complexity index is 955. The Balaban J connectivity index is 1.39. The molecule has 5 aliphatic rings. The minimum absolute atomic E-state index is 0.0862. The Morgan fingerprint density at radius 2 is 2.03 bits per heavy atom. The third-order valence-electron chi connectivity index (χ3n) is 8.06. The normalized spacial score (nSPS) is 33.5. The lowest BCUT2D eigenvalue weighted by atomic mass is 9.52. The van der Waals surface area contributed by atoms with Gasteiger partial charge in [-0.1, -0.05) is 19.9 Å². The molecule has 2 unspecified atom stereocenters. The number of nitrogens with one attached hydrogen (secondary N) is 1. The zero-order chi connectivity index (χ0) is 23.2. The third kappa shape index (κ3) is 4.41. The van der Waals surface area contributed by atoms with Crippen molar-refractivity contribution in [2.75, 3.05) is 31.2 Å².